The number of hydrogen-bond acceptors (Lipinski definition) is 6. The van der Waals surface area contributed by atoms with Crippen molar-refractivity contribution in [1.82, 2.24) is 19.9 Å². The number of fused-ring (bicyclic) bond motifs is 2. The number of likely N-dealkylation sites (tertiary alicyclic amines) is 1. The first-order valence-corrected chi connectivity index (χ1v) is 11.8. The lowest BCUT2D eigenvalue weighted by atomic mass is 9.99. The van der Waals surface area contributed by atoms with Gasteiger partial charge in [0.05, 0.1) is 39.1 Å². The molecule has 0 spiro atoms. The van der Waals surface area contributed by atoms with Gasteiger partial charge >= 0.3 is 0 Å². The van der Waals surface area contributed by atoms with Crippen LogP contribution >= 0.6 is 23.1 Å². The van der Waals surface area contributed by atoms with Crippen LogP contribution in [0.4, 0.5) is 0 Å². The summed E-state index contributed by atoms with van der Waals surface area (Å²) in [6.07, 6.45) is 2.10. The highest BCUT2D eigenvalue weighted by atomic mass is 32.2. The van der Waals surface area contributed by atoms with Gasteiger partial charge in [-0.2, -0.15) is 0 Å². The lowest BCUT2D eigenvalue weighted by Gasteiger charge is -2.31. The molecule has 2 aromatic carbocycles. The highest BCUT2D eigenvalue weighted by Crippen LogP contribution is 2.33. The molecule has 0 aliphatic carbocycles. The average Bonchev–Trinajstić information content (AvgIpc) is 3.40. The van der Waals surface area contributed by atoms with Crippen molar-refractivity contribution in [1.29, 1.82) is 0 Å². The molecule has 1 N–H and O–H groups in total. The number of hydrogen-bond donors (Lipinski definition) is 1. The number of ether oxygens (including phenoxy) is 1. The molecule has 1 saturated heterocycles. The molecule has 1 aliphatic heterocycles. The van der Waals surface area contributed by atoms with E-state index < -0.39 is 0 Å². The van der Waals surface area contributed by atoms with Crippen molar-refractivity contribution in [2.24, 2.45) is 0 Å². The Morgan fingerprint density at radius 1 is 1.27 bits per heavy atom. The van der Waals surface area contributed by atoms with E-state index in [0.717, 1.165) is 58.4 Å². The Morgan fingerprint density at radius 3 is 3.03 bits per heavy atom. The normalized spacial score (nSPS) is 17.0. The van der Waals surface area contributed by atoms with Gasteiger partial charge in [-0.05, 0) is 37.1 Å². The number of thiazole rings is 1. The Balaban J connectivity index is 1.23. The number of imidazole rings is 1. The van der Waals surface area contributed by atoms with Gasteiger partial charge in [0.1, 0.15) is 5.75 Å². The van der Waals surface area contributed by atoms with Gasteiger partial charge in [-0.15, -0.1) is 11.3 Å². The van der Waals surface area contributed by atoms with Crippen LogP contribution in [0.5, 0.6) is 5.75 Å². The quantitative estimate of drug-likeness (QED) is 0.458. The zero-order valence-corrected chi connectivity index (χ0v) is 18.3. The summed E-state index contributed by atoms with van der Waals surface area (Å²) in [6, 6.07) is 14.0. The predicted octanol–water partition coefficient (Wildman–Crippen LogP) is 4.68. The summed E-state index contributed by atoms with van der Waals surface area (Å²) in [5, 5.41) is 1.90. The molecule has 2 aromatic heterocycles. The third-order valence-electron chi connectivity index (χ3n) is 5.43. The van der Waals surface area contributed by atoms with E-state index in [4.69, 9.17) is 9.72 Å². The fraction of sp³-hybridized carbons (Fsp3) is 0.318. The summed E-state index contributed by atoms with van der Waals surface area (Å²) in [6.45, 7) is 1.56. The SMILES string of the molecule is COc1ccc2nc(SCC(=O)N3CCCC(c4nc5ccccc5s4)C3)[nH]c2c1. The number of aromatic amines is 1. The van der Waals surface area contributed by atoms with Crippen molar-refractivity contribution in [2.45, 2.75) is 23.9 Å². The number of benzene rings is 2. The first-order valence-electron chi connectivity index (χ1n) is 9.99. The first kappa shape index (κ1) is 19.4. The Morgan fingerprint density at radius 2 is 2.17 bits per heavy atom. The fourth-order valence-electron chi connectivity index (χ4n) is 3.85. The topological polar surface area (TPSA) is 71.1 Å². The van der Waals surface area contributed by atoms with Crippen LogP contribution in [0.3, 0.4) is 0 Å². The first-order chi connectivity index (χ1) is 14.7. The van der Waals surface area contributed by atoms with Gasteiger partial charge < -0.3 is 14.6 Å². The Kier molecular flexibility index (Phi) is 5.35. The third-order valence-corrected chi connectivity index (χ3v) is 7.49. The largest absolute Gasteiger partial charge is 0.497 e. The van der Waals surface area contributed by atoms with Crippen molar-refractivity contribution >= 4 is 50.3 Å². The van der Waals surface area contributed by atoms with Crippen LogP contribution < -0.4 is 4.74 Å². The van der Waals surface area contributed by atoms with E-state index in [1.165, 1.54) is 16.5 Å². The summed E-state index contributed by atoms with van der Waals surface area (Å²) >= 11 is 3.20. The molecule has 6 nitrogen and oxygen atoms in total. The number of para-hydroxylation sites is 1. The van der Waals surface area contributed by atoms with Crippen LogP contribution in [0.1, 0.15) is 23.8 Å². The highest BCUT2D eigenvalue weighted by Gasteiger charge is 2.27. The van der Waals surface area contributed by atoms with Crippen molar-refractivity contribution in [3.05, 3.63) is 47.5 Å². The zero-order valence-electron chi connectivity index (χ0n) is 16.6. The second-order valence-electron chi connectivity index (χ2n) is 7.41. The summed E-state index contributed by atoms with van der Waals surface area (Å²) in [5.74, 6) is 1.64. The summed E-state index contributed by atoms with van der Waals surface area (Å²) in [5.41, 5.74) is 2.84. The van der Waals surface area contributed by atoms with Crippen molar-refractivity contribution in [3.8, 4) is 5.75 Å². The van der Waals surface area contributed by atoms with Gasteiger partial charge in [-0.1, -0.05) is 23.9 Å². The molecule has 1 fully saturated rings. The lowest BCUT2D eigenvalue weighted by Crippen LogP contribution is -2.40. The van der Waals surface area contributed by atoms with Crippen molar-refractivity contribution in [3.63, 3.8) is 0 Å². The maximum Gasteiger partial charge on any atom is 0.233 e. The molecule has 1 unspecified atom stereocenters. The number of methoxy groups -OCH3 is 1. The fourth-order valence-corrected chi connectivity index (χ4v) is 5.73. The van der Waals surface area contributed by atoms with E-state index in [0.29, 0.717) is 11.7 Å². The number of amides is 1. The smallest absolute Gasteiger partial charge is 0.233 e. The third kappa shape index (κ3) is 3.89. The summed E-state index contributed by atoms with van der Waals surface area (Å²) in [4.78, 5) is 27.5. The molecule has 0 bridgehead atoms. The minimum atomic E-state index is 0.156. The minimum Gasteiger partial charge on any atom is -0.497 e. The molecule has 4 aromatic rings. The second kappa shape index (κ2) is 8.28. The Bertz CT molecular complexity index is 1170. The number of H-pyrrole nitrogens is 1. The zero-order chi connectivity index (χ0) is 20.5. The molecular weight excluding hydrogens is 416 g/mol. The van der Waals surface area contributed by atoms with Gasteiger partial charge in [0.2, 0.25) is 5.91 Å². The average molecular weight is 439 g/mol. The maximum atomic E-state index is 12.9. The molecule has 3 heterocycles. The van der Waals surface area contributed by atoms with Crippen LogP contribution in [0.2, 0.25) is 0 Å². The monoisotopic (exact) mass is 438 g/mol. The number of nitrogens with zero attached hydrogens (tertiary/aromatic N) is 3. The van der Waals surface area contributed by atoms with Gasteiger partial charge in [-0.3, -0.25) is 4.79 Å². The predicted molar refractivity (Wildman–Crippen MR) is 122 cm³/mol. The minimum absolute atomic E-state index is 0.156. The Hall–Kier alpha value is -2.58. The number of rotatable bonds is 5. The van der Waals surface area contributed by atoms with Crippen LogP contribution in [-0.2, 0) is 4.79 Å². The van der Waals surface area contributed by atoms with E-state index in [1.54, 1.807) is 18.4 Å². The van der Waals surface area contributed by atoms with Gasteiger partial charge in [0, 0.05) is 25.1 Å². The van der Waals surface area contributed by atoms with E-state index in [-0.39, 0.29) is 5.91 Å². The molecule has 5 rings (SSSR count). The molecule has 0 radical (unpaired) electrons. The van der Waals surface area contributed by atoms with E-state index >= 15 is 0 Å². The number of carbonyl (C=O) groups excluding carboxylic acids is 1. The molecule has 1 amide bonds. The molecule has 154 valence electrons. The van der Waals surface area contributed by atoms with Crippen LogP contribution in [-0.4, -0.2) is 51.7 Å². The second-order valence-corrected chi connectivity index (χ2v) is 9.44. The molecular formula is C22H22N4O2S2. The van der Waals surface area contributed by atoms with E-state index in [1.807, 2.05) is 35.2 Å². The lowest BCUT2D eigenvalue weighted by molar-refractivity contribution is -0.129. The number of nitrogens with one attached hydrogen (secondary N) is 1. The number of carbonyl (C=O) groups is 1. The van der Waals surface area contributed by atoms with Crippen LogP contribution in [0, 0.1) is 0 Å². The number of piperidine rings is 1. The van der Waals surface area contributed by atoms with Crippen LogP contribution in [0.15, 0.2) is 47.6 Å². The summed E-state index contributed by atoms with van der Waals surface area (Å²) in [7, 11) is 1.64. The maximum absolute atomic E-state index is 12.9. The molecule has 1 aliphatic rings. The Labute approximate surface area is 182 Å². The molecule has 30 heavy (non-hydrogen) atoms. The molecule has 8 heteroatoms. The van der Waals surface area contributed by atoms with Gasteiger partial charge in [0.15, 0.2) is 5.16 Å². The number of thioether (sulfide) groups is 1. The molecule has 1 atom stereocenters. The standard InChI is InChI=1S/C22H22N4O2S2/c1-28-15-8-9-16-18(11-15)25-22(24-16)29-13-20(27)26-10-4-5-14(12-26)21-23-17-6-2-3-7-19(17)30-21/h2-3,6-9,11,14H,4-5,10,12-13H2,1H3,(H,24,25). The van der Waals surface area contributed by atoms with E-state index in [2.05, 4.69) is 22.1 Å². The number of aromatic nitrogens is 3. The van der Waals surface area contributed by atoms with Crippen molar-refractivity contribution in [2.75, 3.05) is 26.0 Å². The summed E-state index contributed by atoms with van der Waals surface area (Å²) < 4.78 is 6.47. The van der Waals surface area contributed by atoms with Crippen molar-refractivity contribution < 1.29 is 9.53 Å². The molecule has 0 saturated carbocycles. The van der Waals surface area contributed by atoms with Gasteiger partial charge in [0.25, 0.3) is 0 Å². The van der Waals surface area contributed by atoms with Gasteiger partial charge in [-0.25, -0.2) is 9.97 Å². The van der Waals surface area contributed by atoms with Crippen LogP contribution in [0.25, 0.3) is 21.3 Å². The highest BCUT2D eigenvalue weighted by molar-refractivity contribution is 7.99. The van der Waals surface area contributed by atoms with E-state index in [9.17, 15) is 4.79 Å².